The second-order valence-electron chi connectivity index (χ2n) is 6.71. The van der Waals surface area contributed by atoms with E-state index in [9.17, 15) is 0 Å². The summed E-state index contributed by atoms with van der Waals surface area (Å²) in [5, 5.41) is 12.1. The molecule has 0 aromatic heterocycles. The van der Waals surface area contributed by atoms with Gasteiger partial charge in [-0.3, -0.25) is 4.90 Å². The summed E-state index contributed by atoms with van der Waals surface area (Å²) < 4.78 is 5.70. The molecular formula is C20H32N4O. The number of benzene rings is 1. The lowest BCUT2D eigenvalue weighted by Crippen LogP contribution is -2.51. The van der Waals surface area contributed by atoms with Crippen LogP contribution >= 0.6 is 0 Å². The first kappa shape index (κ1) is 19.7. The highest BCUT2D eigenvalue weighted by Gasteiger charge is 2.19. The van der Waals surface area contributed by atoms with Crippen LogP contribution in [0.5, 0.6) is 5.75 Å². The molecule has 1 aliphatic heterocycles. The average molecular weight is 345 g/mol. The van der Waals surface area contributed by atoms with Crippen molar-refractivity contribution < 1.29 is 4.74 Å². The maximum Gasteiger partial charge on any atom is 0.119 e. The molecule has 5 heteroatoms. The number of rotatable bonds is 10. The van der Waals surface area contributed by atoms with E-state index in [4.69, 9.17) is 10.00 Å². The highest BCUT2D eigenvalue weighted by molar-refractivity contribution is 5.28. The maximum absolute atomic E-state index is 8.55. The summed E-state index contributed by atoms with van der Waals surface area (Å²) in [6.07, 6.45) is 1.33. The fraction of sp³-hybridized carbons (Fsp3) is 0.650. The largest absolute Gasteiger partial charge is 0.494 e. The van der Waals surface area contributed by atoms with Crippen molar-refractivity contribution in [1.29, 1.82) is 5.26 Å². The second kappa shape index (κ2) is 11.1. The molecule has 0 saturated carbocycles. The van der Waals surface area contributed by atoms with E-state index in [-0.39, 0.29) is 0 Å². The van der Waals surface area contributed by atoms with Crippen LogP contribution in [0.1, 0.15) is 32.3 Å². The molecule has 0 aliphatic carbocycles. The first-order chi connectivity index (χ1) is 12.2. The van der Waals surface area contributed by atoms with Crippen molar-refractivity contribution in [3.63, 3.8) is 0 Å². The monoisotopic (exact) mass is 344 g/mol. The van der Waals surface area contributed by atoms with E-state index >= 15 is 0 Å². The van der Waals surface area contributed by atoms with Gasteiger partial charge in [0.25, 0.3) is 0 Å². The van der Waals surface area contributed by atoms with E-state index < -0.39 is 0 Å². The predicted octanol–water partition coefficient (Wildman–Crippen LogP) is 2.48. The van der Waals surface area contributed by atoms with Crippen molar-refractivity contribution in [1.82, 2.24) is 15.1 Å². The van der Waals surface area contributed by atoms with Crippen LogP contribution in [0.4, 0.5) is 0 Å². The Labute approximate surface area is 152 Å². The third-order valence-corrected chi connectivity index (χ3v) is 4.85. The summed E-state index contributed by atoms with van der Waals surface area (Å²) >= 11 is 0. The third-order valence-electron chi connectivity index (χ3n) is 4.85. The van der Waals surface area contributed by atoms with Gasteiger partial charge in [0.2, 0.25) is 0 Å². The normalized spacial score (nSPS) is 17.2. The quantitative estimate of drug-likeness (QED) is 0.661. The lowest BCUT2D eigenvalue weighted by molar-refractivity contribution is 0.105. The van der Waals surface area contributed by atoms with E-state index in [1.165, 1.54) is 31.7 Å². The zero-order valence-corrected chi connectivity index (χ0v) is 15.7. The van der Waals surface area contributed by atoms with Crippen LogP contribution in [0.2, 0.25) is 0 Å². The SMILES string of the molecule is CCN1CCN(C(C)CNCc2cccc(OCCCC#N)c2)CC1. The molecule has 0 bridgehead atoms. The number of piperazine rings is 1. The Morgan fingerprint density at radius 3 is 2.80 bits per heavy atom. The average Bonchev–Trinajstić information content (AvgIpc) is 2.65. The Kier molecular flexibility index (Phi) is 8.75. The molecule has 1 unspecified atom stereocenters. The summed E-state index contributed by atoms with van der Waals surface area (Å²) in [6, 6.07) is 10.9. The summed E-state index contributed by atoms with van der Waals surface area (Å²) in [5.41, 5.74) is 1.24. The van der Waals surface area contributed by atoms with Gasteiger partial charge in [-0.25, -0.2) is 0 Å². The third kappa shape index (κ3) is 7.03. The Bertz CT molecular complexity index is 535. The molecular weight excluding hydrogens is 312 g/mol. The molecule has 138 valence electrons. The van der Waals surface area contributed by atoms with Crippen LogP contribution in [-0.4, -0.2) is 61.7 Å². The number of nitrogens with zero attached hydrogens (tertiary/aromatic N) is 3. The molecule has 1 saturated heterocycles. The van der Waals surface area contributed by atoms with Crippen molar-refractivity contribution in [3.8, 4) is 11.8 Å². The molecule has 25 heavy (non-hydrogen) atoms. The highest BCUT2D eigenvalue weighted by Crippen LogP contribution is 2.14. The number of ether oxygens (including phenoxy) is 1. The van der Waals surface area contributed by atoms with Crippen LogP contribution in [0, 0.1) is 11.3 Å². The van der Waals surface area contributed by atoms with Crippen molar-refractivity contribution in [2.24, 2.45) is 0 Å². The molecule has 1 aromatic rings. The van der Waals surface area contributed by atoms with Crippen molar-refractivity contribution >= 4 is 0 Å². The molecule has 0 radical (unpaired) electrons. The molecule has 0 amide bonds. The van der Waals surface area contributed by atoms with Gasteiger partial charge >= 0.3 is 0 Å². The summed E-state index contributed by atoms with van der Waals surface area (Å²) in [4.78, 5) is 5.09. The molecule has 0 spiro atoms. The smallest absolute Gasteiger partial charge is 0.119 e. The minimum absolute atomic E-state index is 0.547. The first-order valence-electron chi connectivity index (χ1n) is 9.48. The van der Waals surface area contributed by atoms with Gasteiger partial charge in [-0.2, -0.15) is 5.26 Å². The number of hydrogen-bond donors (Lipinski definition) is 1. The van der Waals surface area contributed by atoms with E-state index in [1.54, 1.807) is 0 Å². The lowest BCUT2D eigenvalue weighted by Gasteiger charge is -2.37. The Morgan fingerprint density at radius 1 is 1.28 bits per heavy atom. The summed E-state index contributed by atoms with van der Waals surface area (Å²) in [6.45, 7) is 12.9. The van der Waals surface area contributed by atoms with Gasteiger partial charge in [-0.15, -0.1) is 0 Å². The number of nitrogens with one attached hydrogen (secondary N) is 1. The van der Waals surface area contributed by atoms with E-state index in [0.717, 1.165) is 31.8 Å². The molecule has 1 N–H and O–H groups in total. The van der Waals surface area contributed by atoms with Gasteiger partial charge in [-0.05, 0) is 37.6 Å². The Balaban J connectivity index is 1.68. The standard InChI is InChI=1S/C20H32N4O/c1-3-23-10-12-24(13-11-23)18(2)16-22-17-19-7-6-8-20(15-19)25-14-5-4-9-21/h6-8,15,18,22H,3-5,10-14,16-17H2,1-2H3. The van der Waals surface area contributed by atoms with Crippen molar-refractivity contribution in [3.05, 3.63) is 29.8 Å². The minimum Gasteiger partial charge on any atom is -0.494 e. The maximum atomic E-state index is 8.55. The summed E-state index contributed by atoms with van der Waals surface area (Å²) in [5.74, 6) is 0.890. The zero-order chi connectivity index (χ0) is 17.9. The van der Waals surface area contributed by atoms with Gasteiger partial charge < -0.3 is 15.0 Å². The fourth-order valence-corrected chi connectivity index (χ4v) is 3.16. The van der Waals surface area contributed by atoms with Gasteiger partial charge in [0, 0.05) is 51.7 Å². The van der Waals surface area contributed by atoms with Gasteiger partial charge in [-0.1, -0.05) is 19.1 Å². The van der Waals surface area contributed by atoms with E-state index in [1.807, 2.05) is 12.1 Å². The van der Waals surface area contributed by atoms with Gasteiger partial charge in [0.05, 0.1) is 12.7 Å². The summed E-state index contributed by atoms with van der Waals surface area (Å²) in [7, 11) is 0. The molecule has 1 aliphatic rings. The Morgan fingerprint density at radius 2 is 2.08 bits per heavy atom. The van der Waals surface area contributed by atoms with Crippen LogP contribution in [0.3, 0.4) is 0 Å². The van der Waals surface area contributed by atoms with E-state index in [0.29, 0.717) is 19.1 Å². The van der Waals surface area contributed by atoms with Crippen LogP contribution < -0.4 is 10.1 Å². The lowest BCUT2D eigenvalue weighted by atomic mass is 10.2. The Hall–Kier alpha value is -1.61. The van der Waals surface area contributed by atoms with Crippen LogP contribution in [-0.2, 0) is 6.54 Å². The fourth-order valence-electron chi connectivity index (χ4n) is 3.16. The molecule has 1 fully saturated rings. The number of hydrogen-bond acceptors (Lipinski definition) is 5. The number of unbranched alkanes of at least 4 members (excludes halogenated alkanes) is 1. The van der Waals surface area contributed by atoms with Crippen molar-refractivity contribution in [2.45, 2.75) is 39.3 Å². The van der Waals surface area contributed by atoms with Gasteiger partial charge in [0.1, 0.15) is 5.75 Å². The van der Waals surface area contributed by atoms with Crippen molar-refractivity contribution in [2.75, 3.05) is 45.9 Å². The molecule has 1 atom stereocenters. The number of likely N-dealkylation sites (N-methyl/N-ethyl adjacent to an activating group) is 1. The molecule has 1 aromatic carbocycles. The van der Waals surface area contributed by atoms with Crippen LogP contribution in [0.15, 0.2) is 24.3 Å². The van der Waals surface area contributed by atoms with E-state index in [2.05, 4.69) is 47.2 Å². The molecule has 5 nitrogen and oxygen atoms in total. The van der Waals surface area contributed by atoms with Crippen LogP contribution in [0.25, 0.3) is 0 Å². The minimum atomic E-state index is 0.547. The number of nitriles is 1. The first-order valence-corrected chi connectivity index (χ1v) is 9.48. The second-order valence-corrected chi connectivity index (χ2v) is 6.71. The predicted molar refractivity (Wildman–Crippen MR) is 102 cm³/mol. The molecule has 2 rings (SSSR count). The topological polar surface area (TPSA) is 51.5 Å². The zero-order valence-electron chi connectivity index (χ0n) is 15.7. The highest BCUT2D eigenvalue weighted by atomic mass is 16.5. The molecule has 1 heterocycles. The van der Waals surface area contributed by atoms with Gasteiger partial charge in [0.15, 0.2) is 0 Å².